The van der Waals surface area contributed by atoms with Gasteiger partial charge in [-0.25, -0.2) is 0 Å². The number of hydrogen-bond acceptors (Lipinski definition) is 0. The maximum Gasteiger partial charge on any atom is 0.00653 e. The van der Waals surface area contributed by atoms with Crippen LogP contribution in [-0.4, -0.2) is 5.75 Å². The number of hydrogen-bond donors (Lipinski definition) is 0. The summed E-state index contributed by atoms with van der Waals surface area (Å²) in [7, 11) is 0. The minimum Gasteiger partial charge on any atom is -0.0939 e. The van der Waals surface area contributed by atoms with Gasteiger partial charge in [0.05, 0.1) is 0 Å². The molecule has 0 aliphatic carbocycles. The van der Waals surface area contributed by atoms with Gasteiger partial charge in [-0.2, -0.15) is 0 Å². The standard InChI is InChI=1S/C14H29S/c1-3-5-7-8-10-12-14(13-15)11-9-6-4-2/h14H,3-13H2,1-2H3. The van der Waals surface area contributed by atoms with E-state index < -0.39 is 0 Å². The lowest BCUT2D eigenvalue weighted by atomic mass is 9.96. The predicted octanol–water partition coefficient (Wildman–Crippen LogP) is 5.74. The molecular formula is C14H29S. The van der Waals surface area contributed by atoms with E-state index in [2.05, 4.69) is 13.8 Å². The summed E-state index contributed by atoms with van der Waals surface area (Å²) in [4.78, 5) is 0. The van der Waals surface area contributed by atoms with Gasteiger partial charge in [0.25, 0.3) is 0 Å². The maximum atomic E-state index is 5.22. The highest BCUT2D eigenvalue weighted by molar-refractivity contribution is 7.80. The van der Waals surface area contributed by atoms with E-state index in [1.807, 2.05) is 0 Å². The van der Waals surface area contributed by atoms with Crippen molar-refractivity contribution in [2.24, 2.45) is 5.92 Å². The van der Waals surface area contributed by atoms with Crippen molar-refractivity contribution in [3.8, 4) is 0 Å². The van der Waals surface area contributed by atoms with E-state index >= 15 is 0 Å². The number of unbranched alkanes of at least 4 members (excludes halogenated alkanes) is 6. The average Bonchev–Trinajstić information content (AvgIpc) is 2.26. The van der Waals surface area contributed by atoms with Crippen LogP contribution in [0.25, 0.3) is 0 Å². The summed E-state index contributed by atoms with van der Waals surface area (Å²) in [6, 6.07) is 0. The zero-order valence-corrected chi connectivity index (χ0v) is 11.6. The third-order valence-electron chi connectivity index (χ3n) is 3.17. The summed E-state index contributed by atoms with van der Waals surface area (Å²) >= 11 is 5.22. The minimum atomic E-state index is 0.841. The van der Waals surface area contributed by atoms with Crippen LogP contribution >= 0.6 is 12.6 Å². The van der Waals surface area contributed by atoms with Gasteiger partial charge in [0.1, 0.15) is 0 Å². The Morgan fingerprint density at radius 2 is 1.20 bits per heavy atom. The molecular weight excluding hydrogens is 200 g/mol. The molecule has 91 valence electrons. The molecule has 1 heteroatoms. The topological polar surface area (TPSA) is 0 Å². The largest absolute Gasteiger partial charge is 0.0939 e. The zero-order valence-electron chi connectivity index (χ0n) is 10.8. The first kappa shape index (κ1) is 15.3. The quantitative estimate of drug-likeness (QED) is 0.396. The second kappa shape index (κ2) is 12.4. The number of rotatable bonds is 11. The molecule has 0 aromatic heterocycles. The molecule has 0 aromatic rings. The first-order valence-electron chi connectivity index (χ1n) is 6.93. The molecule has 1 atom stereocenters. The van der Waals surface area contributed by atoms with Crippen molar-refractivity contribution in [2.75, 3.05) is 5.75 Å². The molecule has 0 aliphatic rings. The molecule has 0 saturated carbocycles. The van der Waals surface area contributed by atoms with Crippen molar-refractivity contribution in [1.82, 2.24) is 0 Å². The fraction of sp³-hybridized carbons (Fsp3) is 1.00. The molecule has 0 rings (SSSR count). The molecule has 0 spiro atoms. The van der Waals surface area contributed by atoms with E-state index in [4.69, 9.17) is 12.6 Å². The van der Waals surface area contributed by atoms with Crippen LogP contribution in [0.5, 0.6) is 0 Å². The highest BCUT2D eigenvalue weighted by Gasteiger charge is 2.05. The van der Waals surface area contributed by atoms with Crippen LogP contribution in [0.15, 0.2) is 0 Å². The van der Waals surface area contributed by atoms with Gasteiger partial charge >= 0.3 is 0 Å². The van der Waals surface area contributed by atoms with Gasteiger partial charge in [-0.15, -0.1) is 0 Å². The van der Waals surface area contributed by atoms with Crippen LogP contribution in [0.2, 0.25) is 0 Å². The van der Waals surface area contributed by atoms with E-state index in [1.165, 1.54) is 64.2 Å². The fourth-order valence-electron chi connectivity index (χ4n) is 2.03. The molecule has 0 saturated heterocycles. The van der Waals surface area contributed by atoms with Crippen LogP contribution in [0.4, 0.5) is 0 Å². The van der Waals surface area contributed by atoms with Crippen LogP contribution in [0.1, 0.15) is 78.1 Å². The van der Waals surface area contributed by atoms with E-state index in [0.29, 0.717) is 0 Å². The van der Waals surface area contributed by atoms with Crippen LogP contribution < -0.4 is 0 Å². The monoisotopic (exact) mass is 229 g/mol. The Kier molecular flexibility index (Phi) is 12.7. The molecule has 15 heavy (non-hydrogen) atoms. The van der Waals surface area contributed by atoms with Gasteiger partial charge < -0.3 is 0 Å². The fourth-order valence-corrected chi connectivity index (χ4v) is 2.36. The average molecular weight is 229 g/mol. The lowest BCUT2D eigenvalue weighted by Crippen LogP contribution is -2.02. The summed E-state index contributed by atoms with van der Waals surface area (Å²) < 4.78 is 0. The molecule has 1 unspecified atom stereocenters. The second-order valence-corrected chi connectivity index (χ2v) is 5.06. The van der Waals surface area contributed by atoms with Crippen LogP contribution in [-0.2, 0) is 0 Å². The summed E-state index contributed by atoms with van der Waals surface area (Å²) in [5.41, 5.74) is 0. The van der Waals surface area contributed by atoms with E-state index in [0.717, 1.165) is 11.7 Å². The molecule has 0 fully saturated rings. The normalized spacial score (nSPS) is 13.0. The molecule has 0 aromatic carbocycles. The third-order valence-corrected chi connectivity index (χ3v) is 3.64. The minimum absolute atomic E-state index is 0.841. The summed E-state index contributed by atoms with van der Waals surface area (Å²) in [6.07, 6.45) is 13.9. The highest BCUT2D eigenvalue weighted by atomic mass is 32.1. The van der Waals surface area contributed by atoms with Crippen molar-refractivity contribution in [3.05, 3.63) is 0 Å². The Hall–Kier alpha value is 0.350. The van der Waals surface area contributed by atoms with Gasteiger partial charge in [-0.05, 0) is 18.8 Å². The molecule has 0 aliphatic heterocycles. The third kappa shape index (κ3) is 10.6. The zero-order chi connectivity index (χ0) is 11.4. The summed E-state index contributed by atoms with van der Waals surface area (Å²) in [6.45, 7) is 4.55. The molecule has 1 radical (unpaired) electrons. The Morgan fingerprint density at radius 1 is 0.733 bits per heavy atom. The van der Waals surface area contributed by atoms with Crippen molar-refractivity contribution in [3.63, 3.8) is 0 Å². The Morgan fingerprint density at radius 3 is 1.73 bits per heavy atom. The predicted molar refractivity (Wildman–Crippen MR) is 73.5 cm³/mol. The second-order valence-electron chi connectivity index (χ2n) is 4.73. The van der Waals surface area contributed by atoms with E-state index in [9.17, 15) is 0 Å². The lowest BCUT2D eigenvalue weighted by Gasteiger charge is -2.13. The van der Waals surface area contributed by atoms with Gasteiger partial charge in [0.15, 0.2) is 0 Å². The maximum absolute atomic E-state index is 5.22. The van der Waals surface area contributed by atoms with Crippen LogP contribution in [0.3, 0.4) is 0 Å². The van der Waals surface area contributed by atoms with Gasteiger partial charge in [0.2, 0.25) is 0 Å². The summed E-state index contributed by atoms with van der Waals surface area (Å²) in [5, 5.41) is 0. The molecule has 0 bridgehead atoms. The Labute approximate surface area is 103 Å². The lowest BCUT2D eigenvalue weighted by molar-refractivity contribution is 0.444. The first-order chi connectivity index (χ1) is 7.35. The Bertz CT molecular complexity index is 112. The van der Waals surface area contributed by atoms with Crippen molar-refractivity contribution < 1.29 is 0 Å². The van der Waals surface area contributed by atoms with Gasteiger partial charge in [-0.3, -0.25) is 0 Å². The van der Waals surface area contributed by atoms with Crippen molar-refractivity contribution in [1.29, 1.82) is 0 Å². The van der Waals surface area contributed by atoms with E-state index in [-0.39, 0.29) is 0 Å². The first-order valence-corrected chi connectivity index (χ1v) is 7.50. The molecule has 0 amide bonds. The molecule has 0 N–H and O–H groups in total. The van der Waals surface area contributed by atoms with Gasteiger partial charge in [-0.1, -0.05) is 77.8 Å². The SMILES string of the molecule is CCCCCCCC(C[S])CCCCC. The smallest absolute Gasteiger partial charge is 0.00653 e. The van der Waals surface area contributed by atoms with Crippen molar-refractivity contribution >= 4 is 12.6 Å². The highest BCUT2D eigenvalue weighted by Crippen LogP contribution is 2.19. The Balaban J connectivity index is 3.28. The molecule has 0 heterocycles. The van der Waals surface area contributed by atoms with Crippen LogP contribution in [0, 0.1) is 5.92 Å². The summed E-state index contributed by atoms with van der Waals surface area (Å²) in [5.74, 6) is 1.82. The van der Waals surface area contributed by atoms with Gasteiger partial charge in [0, 0.05) is 5.75 Å². The van der Waals surface area contributed by atoms with E-state index in [1.54, 1.807) is 0 Å². The molecule has 0 nitrogen and oxygen atoms in total. The van der Waals surface area contributed by atoms with Crippen molar-refractivity contribution in [2.45, 2.75) is 78.1 Å².